The lowest BCUT2D eigenvalue weighted by molar-refractivity contribution is -0.137. The van der Waals surface area contributed by atoms with Crippen molar-refractivity contribution < 1.29 is 51.4 Å². The molecule has 386 valence electrons. The number of rotatable bonds is 20. The largest absolute Gasteiger partial charge is 0.416 e. The lowest BCUT2D eigenvalue weighted by Gasteiger charge is -2.45. The minimum absolute atomic E-state index is 0.0870. The molecule has 5 N–H and O–H groups in total. The number of ether oxygens (including phenoxy) is 2. The molecule has 4 heterocycles. The summed E-state index contributed by atoms with van der Waals surface area (Å²) in [7, 11) is 3.73. The van der Waals surface area contributed by atoms with E-state index in [4.69, 9.17) is 9.47 Å². The standard InChI is InChI=1S/C49H66F3N11O8/c1-29(2)61(3)34-12-14-40(63-19-15-38(48(63)69)59-45-35-22-32(49(50,51)52)9-13-37(35)56-28-57-45)39(23-34)60-46(67)30-7-10-33(11-8-30)58-42(65)27-71-20-17-54-41(64)26-70-21-18-55-47(68)36-24-43(66)62(4)44(36)31-6-5-16-53-25-31/h5-6,9,13,16,22,25,28-30,33-34,36,38-40,44H,7-8,10-12,14-15,17-21,23-24,26-27H2,1-4H3,(H,54,64)(H,55,68)(H,58,65)(H,60,67)(H,56,57,59)/t30?,33?,34-,36+,38+,39-,40+,44-/m1/s1. The molecule has 0 spiro atoms. The Morgan fingerprint density at radius 2 is 1.62 bits per heavy atom. The second kappa shape index (κ2) is 23.9. The van der Waals surface area contributed by atoms with Gasteiger partial charge >= 0.3 is 6.18 Å². The molecule has 6 atom stereocenters. The van der Waals surface area contributed by atoms with Crippen LogP contribution in [0.15, 0.2) is 49.1 Å². The maximum Gasteiger partial charge on any atom is 0.416 e. The number of hydrogen-bond donors (Lipinski definition) is 5. The minimum Gasteiger partial charge on any atom is -0.370 e. The van der Waals surface area contributed by atoms with Gasteiger partial charge < -0.3 is 50.8 Å². The molecule has 0 bridgehead atoms. The molecule has 0 unspecified atom stereocenters. The number of carbonyl (C=O) groups excluding carboxylic acids is 6. The second-order valence-corrected chi connectivity index (χ2v) is 19.3. The molecule has 22 heteroatoms. The zero-order valence-electron chi connectivity index (χ0n) is 40.7. The van der Waals surface area contributed by atoms with Gasteiger partial charge in [0.25, 0.3) is 0 Å². The molecule has 4 aliphatic rings. The SMILES string of the molecule is CC(C)N(C)[C@@H]1CC[C@H](N2CC[C@H](Nc3ncnc4ccc(C(F)(F)F)cc34)C2=O)[C@H](NC(=O)C2CCC(NC(=O)COCCNC(=O)COCCNC(=O)[C@H]3CC(=O)N(C)[C@@H]3c3cccnc3)CC2)C1. The van der Waals surface area contributed by atoms with Crippen LogP contribution in [0.1, 0.15) is 88.8 Å². The van der Waals surface area contributed by atoms with Gasteiger partial charge in [0.15, 0.2) is 0 Å². The van der Waals surface area contributed by atoms with Crippen molar-refractivity contribution in [3.8, 4) is 0 Å². The van der Waals surface area contributed by atoms with Crippen molar-refractivity contribution in [3.05, 3.63) is 60.2 Å². The van der Waals surface area contributed by atoms with Crippen LogP contribution in [-0.4, -0.2) is 162 Å². The van der Waals surface area contributed by atoms with Crippen molar-refractivity contribution in [1.29, 1.82) is 0 Å². The predicted molar refractivity (Wildman–Crippen MR) is 254 cm³/mol. The van der Waals surface area contributed by atoms with Gasteiger partial charge in [0, 0.05) is 74.9 Å². The van der Waals surface area contributed by atoms with Crippen LogP contribution in [0, 0.1) is 11.8 Å². The molecule has 0 radical (unpaired) electrons. The molecule has 19 nitrogen and oxygen atoms in total. The summed E-state index contributed by atoms with van der Waals surface area (Å²) in [5, 5.41) is 15.1. The highest BCUT2D eigenvalue weighted by Gasteiger charge is 2.45. The first-order valence-electron chi connectivity index (χ1n) is 24.5. The summed E-state index contributed by atoms with van der Waals surface area (Å²) < 4.78 is 51.6. The van der Waals surface area contributed by atoms with Crippen molar-refractivity contribution in [2.45, 2.75) is 120 Å². The van der Waals surface area contributed by atoms with Gasteiger partial charge in [-0.15, -0.1) is 0 Å². The number of pyridine rings is 1. The van der Waals surface area contributed by atoms with E-state index in [0.29, 0.717) is 57.0 Å². The molecule has 2 aliphatic carbocycles. The fourth-order valence-corrected chi connectivity index (χ4v) is 10.3. The van der Waals surface area contributed by atoms with E-state index in [1.54, 1.807) is 30.4 Å². The normalized spacial score (nSPS) is 24.9. The van der Waals surface area contributed by atoms with Gasteiger partial charge in [0.1, 0.15) is 31.4 Å². The number of alkyl halides is 3. The van der Waals surface area contributed by atoms with E-state index in [1.807, 2.05) is 11.0 Å². The molecule has 2 aliphatic heterocycles. The summed E-state index contributed by atoms with van der Waals surface area (Å²) in [4.78, 5) is 96.4. The highest BCUT2D eigenvalue weighted by atomic mass is 19.4. The van der Waals surface area contributed by atoms with E-state index >= 15 is 0 Å². The van der Waals surface area contributed by atoms with Crippen LogP contribution in [0.2, 0.25) is 0 Å². The van der Waals surface area contributed by atoms with Crippen molar-refractivity contribution in [2.75, 3.05) is 65.5 Å². The number of fused-ring (bicyclic) bond motifs is 1. The van der Waals surface area contributed by atoms with E-state index in [-0.39, 0.29) is 129 Å². The third-order valence-electron chi connectivity index (χ3n) is 14.4. The second-order valence-electron chi connectivity index (χ2n) is 19.3. The summed E-state index contributed by atoms with van der Waals surface area (Å²) in [6.07, 6.45) is 4.93. The van der Waals surface area contributed by atoms with Crippen LogP contribution in [0.5, 0.6) is 0 Å². The number of amides is 6. The Morgan fingerprint density at radius 1 is 0.887 bits per heavy atom. The Kier molecular flexibility index (Phi) is 17.8. The summed E-state index contributed by atoms with van der Waals surface area (Å²) in [6, 6.07) is 5.43. The molecule has 2 saturated carbocycles. The smallest absolute Gasteiger partial charge is 0.370 e. The number of nitrogens with zero attached hydrogens (tertiary/aromatic N) is 6. The third kappa shape index (κ3) is 13.5. The molecule has 6 amide bonds. The fourth-order valence-electron chi connectivity index (χ4n) is 10.3. The van der Waals surface area contributed by atoms with E-state index in [0.717, 1.165) is 24.1 Å². The minimum atomic E-state index is -4.56. The Bertz CT molecular complexity index is 2360. The van der Waals surface area contributed by atoms with Crippen LogP contribution in [0.25, 0.3) is 10.9 Å². The van der Waals surface area contributed by atoms with E-state index in [9.17, 15) is 41.9 Å². The lowest BCUT2D eigenvalue weighted by Crippen LogP contribution is -2.59. The van der Waals surface area contributed by atoms with E-state index in [2.05, 4.69) is 67.3 Å². The Labute approximate surface area is 411 Å². The summed E-state index contributed by atoms with van der Waals surface area (Å²) in [5.74, 6) is -2.08. The van der Waals surface area contributed by atoms with Gasteiger partial charge in [-0.3, -0.25) is 33.8 Å². The summed E-state index contributed by atoms with van der Waals surface area (Å²) in [6.45, 7) is 4.70. The lowest BCUT2D eigenvalue weighted by atomic mass is 9.82. The Morgan fingerprint density at radius 3 is 2.32 bits per heavy atom. The van der Waals surface area contributed by atoms with Gasteiger partial charge in [-0.25, -0.2) is 9.97 Å². The summed E-state index contributed by atoms with van der Waals surface area (Å²) in [5.41, 5.74) is 0.262. The molecule has 4 fully saturated rings. The molecule has 7 rings (SSSR count). The first-order valence-corrected chi connectivity index (χ1v) is 24.5. The molecule has 71 heavy (non-hydrogen) atoms. The van der Waals surface area contributed by atoms with Crippen LogP contribution in [0.3, 0.4) is 0 Å². The molecular formula is C49H66F3N11O8. The first kappa shape index (κ1) is 52.8. The molecule has 2 saturated heterocycles. The number of carbonyl (C=O) groups is 6. The third-order valence-corrected chi connectivity index (χ3v) is 14.4. The maximum absolute atomic E-state index is 14.1. The average Bonchev–Trinajstić information content (AvgIpc) is 3.86. The quantitative estimate of drug-likeness (QED) is 0.103. The van der Waals surface area contributed by atoms with Crippen LogP contribution in [0.4, 0.5) is 19.0 Å². The number of benzene rings is 1. The summed E-state index contributed by atoms with van der Waals surface area (Å²) >= 11 is 0. The van der Waals surface area contributed by atoms with Gasteiger partial charge in [0.05, 0.1) is 48.3 Å². The monoisotopic (exact) mass is 994 g/mol. The topological polar surface area (TPSA) is 229 Å². The number of anilines is 1. The van der Waals surface area contributed by atoms with Crippen molar-refractivity contribution in [1.82, 2.24) is 50.9 Å². The van der Waals surface area contributed by atoms with Gasteiger partial charge in [-0.1, -0.05) is 6.07 Å². The highest BCUT2D eigenvalue weighted by molar-refractivity contribution is 5.93. The molecule has 1 aromatic carbocycles. The number of aromatic nitrogens is 3. The van der Waals surface area contributed by atoms with Crippen molar-refractivity contribution >= 4 is 52.2 Å². The fraction of sp³-hybridized carbons (Fsp3) is 0.612. The Balaban J connectivity index is 0.796. The van der Waals surface area contributed by atoms with Gasteiger partial charge in [-0.2, -0.15) is 13.2 Å². The molecule has 2 aromatic heterocycles. The zero-order valence-corrected chi connectivity index (χ0v) is 40.7. The van der Waals surface area contributed by atoms with Crippen molar-refractivity contribution in [3.63, 3.8) is 0 Å². The van der Waals surface area contributed by atoms with Gasteiger partial charge in [0.2, 0.25) is 35.4 Å². The number of nitrogens with one attached hydrogen (secondary N) is 5. The molecule has 3 aromatic rings. The maximum atomic E-state index is 14.1. The van der Waals surface area contributed by atoms with Crippen LogP contribution < -0.4 is 26.6 Å². The Hall–Kier alpha value is -6.00. The van der Waals surface area contributed by atoms with Crippen LogP contribution >= 0.6 is 0 Å². The van der Waals surface area contributed by atoms with E-state index < -0.39 is 29.7 Å². The number of likely N-dealkylation sites (tertiary alicyclic amines) is 2. The average molecular weight is 994 g/mol. The number of halogens is 3. The first-order chi connectivity index (χ1) is 34.0. The van der Waals surface area contributed by atoms with E-state index in [1.165, 1.54) is 12.4 Å². The van der Waals surface area contributed by atoms with Gasteiger partial charge in [-0.05, 0) is 102 Å². The zero-order chi connectivity index (χ0) is 50.8. The van der Waals surface area contributed by atoms with Crippen molar-refractivity contribution in [2.24, 2.45) is 11.8 Å². The number of hydrogen-bond acceptors (Lipinski definition) is 13. The predicted octanol–water partition coefficient (Wildman–Crippen LogP) is 2.96. The highest BCUT2D eigenvalue weighted by Crippen LogP contribution is 2.38. The van der Waals surface area contributed by atoms with Crippen LogP contribution in [-0.2, 0) is 44.4 Å². The molecular weight excluding hydrogens is 928 g/mol.